The normalized spacial score (nSPS) is 19.2. The monoisotopic (exact) mass is 821 g/mol. The summed E-state index contributed by atoms with van der Waals surface area (Å²) in [7, 11) is 3.01. The number of unbranched alkanes of at least 4 members (excludes halogenated alkanes) is 2. The summed E-state index contributed by atoms with van der Waals surface area (Å²) in [6.07, 6.45) is 20.6. The number of nitrogens with zero attached hydrogens (tertiary/aromatic N) is 4. The highest BCUT2D eigenvalue weighted by Crippen LogP contribution is 2.49. The first-order valence-electron chi connectivity index (χ1n) is 19.1. The maximum absolute atomic E-state index is 13.0. The zero-order chi connectivity index (χ0) is 41.6. The van der Waals surface area contributed by atoms with E-state index in [0.29, 0.717) is 42.4 Å². The second-order valence-corrected chi connectivity index (χ2v) is 16.1. The zero-order valence-corrected chi connectivity index (χ0v) is 35.3. The van der Waals surface area contributed by atoms with Crippen molar-refractivity contribution in [3.05, 3.63) is 95.4 Å². The summed E-state index contributed by atoms with van der Waals surface area (Å²) in [5.41, 5.74) is 4.91. The highest BCUT2D eigenvalue weighted by molar-refractivity contribution is 7.94. The first-order valence-corrected chi connectivity index (χ1v) is 20.8. The van der Waals surface area contributed by atoms with E-state index in [0.717, 1.165) is 76.5 Å². The average molecular weight is 822 g/mol. The van der Waals surface area contributed by atoms with Gasteiger partial charge in [-0.25, -0.2) is 9.86 Å². The lowest BCUT2D eigenvalue weighted by Crippen LogP contribution is -2.32. The minimum absolute atomic E-state index is 0.0664. The van der Waals surface area contributed by atoms with Gasteiger partial charge in [0.15, 0.2) is 0 Å². The number of imide groups is 1. The van der Waals surface area contributed by atoms with Crippen molar-refractivity contribution >= 4 is 59.2 Å². The molecule has 13 nitrogen and oxygen atoms in total. The van der Waals surface area contributed by atoms with E-state index in [9.17, 15) is 23.7 Å². The molecule has 0 aromatic heterocycles. The minimum Gasteiger partial charge on any atom is -0.390 e. The molecule has 1 fully saturated rings. The van der Waals surface area contributed by atoms with E-state index in [1.807, 2.05) is 60.7 Å². The summed E-state index contributed by atoms with van der Waals surface area (Å²) in [6.45, 7) is 10.3. The van der Waals surface area contributed by atoms with E-state index >= 15 is 0 Å². The number of likely N-dealkylation sites (N-methyl/N-ethyl adjacent to an activating group) is 1. The number of aliphatic imine (C=N–C) groups is 1. The first-order chi connectivity index (χ1) is 27.3. The van der Waals surface area contributed by atoms with Crippen molar-refractivity contribution in [2.75, 3.05) is 44.4 Å². The van der Waals surface area contributed by atoms with Gasteiger partial charge in [0.05, 0.1) is 19.2 Å². The van der Waals surface area contributed by atoms with Crippen LogP contribution in [-0.2, 0) is 34.3 Å². The number of nitrogens with one attached hydrogen (secondary N) is 1. The van der Waals surface area contributed by atoms with Crippen molar-refractivity contribution in [1.82, 2.24) is 15.4 Å². The Labute approximate surface area is 344 Å². The Morgan fingerprint density at radius 1 is 0.982 bits per heavy atom. The number of hydroxylamine groups is 4. The van der Waals surface area contributed by atoms with Crippen LogP contribution in [0.4, 0.5) is 5.69 Å². The van der Waals surface area contributed by atoms with E-state index < -0.39 is 23.2 Å². The molecule has 3 heterocycles. The summed E-state index contributed by atoms with van der Waals surface area (Å²) in [4.78, 5) is 66.8. The molecule has 0 atom stereocenters. The van der Waals surface area contributed by atoms with Gasteiger partial charge in [0.25, 0.3) is 17.7 Å². The molecule has 15 heteroatoms. The lowest BCUT2D eigenvalue weighted by Gasteiger charge is -2.27. The van der Waals surface area contributed by atoms with Gasteiger partial charge in [0.1, 0.15) is 0 Å². The maximum atomic E-state index is 13.0. The highest BCUT2D eigenvalue weighted by atomic mass is 32.2. The molecule has 3 N–H and O–H groups in total. The van der Waals surface area contributed by atoms with Crippen LogP contribution in [0.3, 0.4) is 0 Å². The molecule has 0 aliphatic carbocycles. The second kappa shape index (κ2) is 21.4. The van der Waals surface area contributed by atoms with Crippen molar-refractivity contribution in [2.45, 2.75) is 83.0 Å². The summed E-state index contributed by atoms with van der Waals surface area (Å²) in [5.74, 6) is -1.24. The molecule has 3 aliphatic rings. The quantitative estimate of drug-likeness (QED) is 0.0296. The van der Waals surface area contributed by atoms with Gasteiger partial charge in [0, 0.05) is 96.2 Å². The summed E-state index contributed by atoms with van der Waals surface area (Å²) in [5, 5.41) is 4.93. The number of allylic oxidation sites excluding steroid dienone is 8. The third kappa shape index (κ3) is 11.8. The Balaban J connectivity index is 1.39. The number of amides is 3. The van der Waals surface area contributed by atoms with Crippen LogP contribution in [0, 0.1) is 5.41 Å². The number of rotatable bonds is 20. The Bertz CT molecular complexity index is 1850. The number of carbonyl (C=O) groups excluding carboxylic acids is 4. The molecule has 0 saturated carbocycles. The van der Waals surface area contributed by atoms with Gasteiger partial charge < -0.3 is 24.2 Å². The topological polar surface area (TPSA) is 161 Å². The van der Waals surface area contributed by atoms with Crippen LogP contribution in [0.5, 0.6) is 0 Å². The second-order valence-electron chi connectivity index (χ2n) is 14.8. The van der Waals surface area contributed by atoms with Crippen LogP contribution >= 0.6 is 24.1 Å². The first kappa shape index (κ1) is 45.3. The number of hydrogen-bond donors (Lipinski definition) is 3. The van der Waals surface area contributed by atoms with E-state index in [4.69, 9.17) is 19.2 Å². The van der Waals surface area contributed by atoms with Crippen LogP contribution in [0.1, 0.15) is 78.2 Å². The van der Waals surface area contributed by atoms with Crippen LogP contribution in [0.25, 0.3) is 0 Å². The molecule has 1 saturated heterocycles. The number of benzene rings is 1. The van der Waals surface area contributed by atoms with Gasteiger partial charge in [0.2, 0.25) is 0 Å². The molecule has 0 unspecified atom stereocenters. The SMILES string of the molecule is CON(C)C(=O)C(/C=C1\CN=C(/C=C/C=C/C=C/C=C2/N(CCCCCC(=O)ON3C(=O)CCC3=O)c3ccc(SO)cc3C2(C)C)C1(C)C)=C/NCCCSO. The van der Waals surface area contributed by atoms with E-state index in [-0.39, 0.29) is 30.6 Å². The van der Waals surface area contributed by atoms with Gasteiger partial charge in [-0.2, -0.15) is 0 Å². The van der Waals surface area contributed by atoms with E-state index in [1.165, 1.54) is 12.2 Å². The largest absolute Gasteiger partial charge is 0.390 e. The van der Waals surface area contributed by atoms with Crippen molar-refractivity contribution in [3.8, 4) is 0 Å². The molecular weight excluding hydrogens is 767 g/mol. The molecule has 0 bridgehead atoms. The fourth-order valence-corrected chi connectivity index (χ4v) is 7.29. The molecule has 308 valence electrons. The number of anilines is 1. The van der Waals surface area contributed by atoms with Gasteiger partial charge in [-0.05, 0) is 78.9 Å². The predicted octanol–water partition coefficient (Wildman–Crippen LogP) is 7.57. The Hall–Kier alpha value is -4.41. The molecule has 1 aromatic carbocycles. The summed E-state index contributed by atoms with van der Waals surface area (Å²) in [6, 6.07) is 5.96. The number of fused-ring (bicyclic) bond motifs is 1. The van der Waals surface area contributed by atoms with Crippen molar-refractivity contribution in [1.29, 1.82) is 0 Å². The maximum Gasteiger partial charge on any atom is 0.333 e. The molecule has 4 rings (SSSR count). The molecule has 3 amide bonds. The number of carbonyl (C=O) groups is 4. The van der Waals surface area contributed by atoms with Crippen LogP contribution < -0.4 is 10.2 Å². The number of hydrogen-bond acceptors (Lipinski definition) is 13. The summed E-state index contributed by atoms with van der Waals surface area (Å²) < 4.78 is 18.7. The van der Waals surface area contributed by atoms with Gasteiger partial charge in [-0.15, -0.1) is 5.06 Å². The standard InChI is InChI=1S/C42H55N5O8S2/c1-41(2)31(26-30(40(51)45(5)54-6)28-43-23-15-25-56-52)29-44-35(41)16-11-8-7-9-12-17-36-42(3,4)33-27-32(57-53)19-20-34(33)46(36)24-14-10-13-18-39(50)55-47-37(48)21-22-38(47)49/h7-9,11-12,16-17,19-20,26-28,43,52-53H,10,13-15,18,21-25,29H2,1-6H3/b8-7+,12-9+,16-11+,30-28+,31-26+,36-17+. The van der Waals surface area contributed by atoms with E-state index in [2.05, 4.69) is 44.0 Å². The summed E-state index contributed by atoms with van der Waals surface area (Å²) >= 11 is 1.52. The average Bonchev–Trinajstić information content (AvgIpc) is 3.74. The lowest BCUT2D eigenvalue weighted by atomic mass is 9.81. The van der Waals surface area contributed by atoms with Crippen LogP contribution in [0.15, 0.2) is 99.7 Å². The van der Waals surface area contributed by atoms with E-state index in [1.54, 1.807) is 13.2 Å². The predicted molar refractivity (Wildman–Crippen MR) is 226 cm³/mol. The molecule has 3 aliphatic heterocycles. The van der Waals surface area contributed by atoms with Crippen molar-refractivity contribution < 1.29 is 38.0 Å². The van der Waals surface area contributed by atoms with Gasteiger partial charge in [-0.1, -0.05) is 64.5 Å². The molecule has 0 radical (unpaired) electrons. The third-order valence-electron chi connectivity index (χ3n) is 10.2. The molecule has 0 spiro atoms. The Kier molecular flexibility index (Phi) is 17.0. The van der Waals surface area contributed by atoms with Gasteiger partial charge in [-0.3, -0.25) is 24.2 Å². The zero-order valence-electron chi connectivity index (χ0n) is 33.7. The molecule has 1 aromatic rings. The Morgan fingerprint density at radius 2 is 1.70 bits per heavy atom. The smallest absolute Gasteiger partial charge is 0.333 e. The Morgan fingerprint density at radius 3 is 2.40 bits per heavy atom. The minimum atomic E-state index is -0.587. The lowest BCUT2D eigenvalue weighted by molar-refractivity contribution is -0.197. The molecule has 57 heavy (non-hydrogen) atoms. The highest BCUT2D eigenvalue weighted by Gasteiger charge is 2.40. The van der Waals surface area contributed by atoms with Crippen LogP contribution in [-0.4, -0.2) is 88.2 Å². The van der Waals surface area contributed by atoms with Crippen molar-refractivity contribution in [2.24, 2.45) is 10.4 Å². The van der Waals surface area contributed by atoms with Crippen LogP contribution in [0.2, 0.25) is 0 Å². The van der Waals surface area contributed by atoms with Crippen molar-refractivity contribution in [3.63, 3.8) is 0 Å². The molecular formula is C42H55N5O8S2. The third-order valence-corrected chi connectivity index (χ3v) is 11.1. The fraction of sp³-hybridized carbons (Fsp3) is 0.452. The van der Waals surface area contributed by atoms with Gasteiger partial charge >= 0.3 is 5.97 Å². The fourth-order valence-electron chi connectivity index (χ4n) is 6.72.